The number of aromatic amines is 1. The Kier molecular flexibility index (Phi) is 3.46. The standard InChI is InChI=1S/C11H8Br2N2O/c12-8-6-9(15-10(8)13)11(16)14-7-4-2-1-3-5-7/h1-6,15H,(H,14,16). The van der Waals surface area contributed by atoms with E-state index in [1.54, 1.807) is 6.07 Å². The summed E-state index contributed by atoms with van der Waals surface area (Å²) in [4.78, 5) is 14.7. The summed E-state index contributed by atoms with van der Waals surface area (Å²) in [6.07, 6.45) is 0. The number of anilines is 1. The maximum Gasteiger partial charge on any atom is 0.272 e. The van der Waals surface area contributed by atoms with Crippen LogP contribution in [0.15, 0.2) is 45.5 Å². The average molecular weight is 344 g/mol. The van der Waals surface area contributed by atoms with E-state index in [1.807, 2.05) is 30.3 Å². The van der Waals surface area contributed by atoms with E-state index in [1.165, 1.54) is 0 Å². The monoisotopic (exact) mass is 342 g/mol. The second-order valence-electron chi connectivity index (χ2n) is 3.17. The number of rotatable bonds is 2. The second kappa shape index (κ2) is 4.84. The van der Waals surface area contributed by atoms with Crippen molar-refractivity contribution in [2.45, 2.75) is 0 Å². The van der Waals surface area contributed by atoms with Gasteiger partial charge in [0.25, 0.3) is 5.91 Å². The van der Waals surface area contributed by atoms with E-state index in [2.05, 4.69) is 42.2 Å². The van der Waals surface area contributed by atoms with E-state index in [9.17, 15) is 4.79 Å². The third-order valence-electron chi connectivity index (χ3n) is 2.00. The molecule has 2 rings (SSSR count). The summed E-state index contributed by atoms with van der Waals surface area (Å²) >= 11 is 6.60. The number of hydrogen-bond donors (Lipinski definition) is 2. The molecule has 0 spiro atoms. The highest BCUT2D eigenvalue weighted by Gasteiger charge is 2.10. The van der Waals surface area contributed by atoms with Crippen LogP contribution in [0.4, 0.5) is 5.69 Å². The molecule has 0 aliphatic carbocycles. The van der Waals surface area contributed by atoms with Crippen LogP contribution in [0, 0.1) is 0 Å². The maximum absolute atomic E-state index is 11.8. The van der Waals surface area contributed by atoms with Gasteiger partial charge in [0.05, 0.1) is 9.08 Å². The number of H-pyrrole nitrogens is 1. The summed E-state index contributed by atoms with van der Waals surface area (Å²) in [5, 5.41) is 2.79. The van der Waals surface area contributed by atoms with Crippen LogP contribution in [0.1, 0.15) is 10.5 Å². The summed E-state index contributed by atoms with van der Waals surface area (Å²) in [5.74, 6) is -0.169. The fourth-order valence-corrected chi connectivity index (χ4v) is 1.90. The summed E-state index contributed by atoms with van der Waals surface area (Å²) in [7, 11) is 0. The largest absolute Gasteiger partial charge is 0.344 e. The van der Waals surface area contributed by atoms with Gasteiger partial charge in [-0.3, -0.25) is 4.79 Å². The third kappa shape index (κ3) is 2.54. The minimum atomic E-state index is -0.169. The molecule has 5 heteroatoms. The highest BCUT2D eigenvalue weighted by Crippen LogP contribution is 2.23. The minimum absolute atomic E-state index is 0.169. The summed E-state index contributed by atoms with van der Waals surface area (Å²) in [6, 6.07) is 11.0. The van der Waals surface area contributed by atoms with Gasteiger partial charge in [-0.05, 0) is 50.1 Å². The van der Waals surface area contributed by atoms with Gasteiger partial charge in [0.2, 0.25) is 0 Å². The molecule has 1 heterocycles. The zero-order valence-electron chi connectivity index (χ0n) is 8.13. The van der Waals surface area contributed by atoms with Gasteiger partial charge in [-0.25, -0.2) is 0 Å². The van der Waals surface area contributed by atoms with Gasteiger partial charge in [-0.15, -0.1) is 0 Å². The molecular weight excluding hydrogens is 336 g/mol. The van der Waals surface area contributed by atoms with Crippen LogP contribution in [-0.4, -0.2) is 10.9 Å². The van der Waals surface area contributed by atoms with Gasteiger partial charge < -0.3 is 10.3 Å². The van der Waals surface area contributed by atoms with Crippen molar-refractivity contribution in [3.8, 4) is 0 Å². The van der Waals surface area contributed by atoms with Crippen LogP contribution < -0.4 is 5.32 Å². The van der Waals surface area contributed by atoms with Crippen molar-refractivity contribution in [2.24, 2.45) is 0 Å². The summed E-state index contributed by atoms with van der Waals surface area (Å²) in [5.41, 5.74) is 1.27. The zero-order chi connectivity index (χ0) is 11.5. The maximum atomic E-state index is 11.8. The lowest BCUT2D eigenvalue weighted by Gasteiger charge is -2.02. The number of hydrogen-bond acceptors (Lipinski definition) is 1. The SMILES string of the molecule is O=C(Nc1ccccc1)c1cc(Br)c(Br)[nH]1. The Balaban J connectivity index is 2.15. The molecule has 0 bridgehead atoms. The molecule has 16 heavy (non-hydrogen) atoms. The van der Waals surface area contributed by atoms with Crippen LogP contribution in [0.3, 0.4) is 0 Å². The average Bonchev–Trinajstić information content (AvgIpc) is 2.61. The molecule has 0 aliphatic heterocycles. The molecule has 0 unspecified atom stereocenters. The van der Waals surface area contributed by atoms with E-state index in [0.717, 1.165) is 14.8 Å². The van der Waals surface area contributed by atoms with Gasteiger partial charge in [0.1, 0.15) is 5.69 Å². The molecule has 2 N–H and O–H groups in total. The predicted octanol–water partition coefficient (Wildman–Crippen LogP) is 3.79. The van der Waals surface area contributed by atoms with Crippen LogP contribution >= 0.6 is 31.9 Å². The first-order valence-corrected chi connectivity index (χ1v) is 6.16. The smallest absolute Gasteiger partial charge is 0.272 e. The Labute approximate surface area is 110 Å². The topological polar surface area (TPSA) is 44.9 Å². The third-order valence-corrected chi connectivity index (χ3v) is 3.78. The number of halogens is 2. The number of aromatic nitrogens is 1. The molecule has 0 radical (unpaired) electrons. The van der Waals surface area contributed by atoms with Crippen molar-refractivity contribution in [2.75, 3.05) is 5.32 Å². The van der Waals surface area contributed by atoms with Crippen LogP contribution in [-0.2, 0) is 0 Å². The van der Waals surface area contributed by atoms with E-state index < -0.39 is 0 Å². The number of amides is 1. The van der Waals surface area contributed by atoms with Gasteiger partial charge in [0.15, 0.2) is 0 Å². The van der Waals surface area contributed by atoms with E-state index in [4.69, 9.17) is 0 Å². The summed E-state index contributed by atoms with van der Waals surface area (Å²) in [6.45, 7) is 0. The van der Waals surface area contributed by atoms with Gasteiger partial charge in [0, 0.05) is 5.69 Å². The van der Waals surface area contributed by atoms with Crippen LogP contribution in [0.2, 0.25) is 0 Å². The molecule has 3 nitrogen and oxygen atoms in total. The lowest BCUT2D eigenvalue weighted by Crippen LogP contribution is -2.11. The van der Waals surface area contributed by atoms with E-state index in [-0.39, 0.29) is 5.91 Å². The molecule has 0 fully saturated rings. The van der Waals surface area contributed by atoms with Crippen molar-refractivity contribution in [1.29, 1.82) is 0 Å². The molecule has 0 saturated heterocycles. The molecule has 0 aliphatic rings. The highest BCUT2D eigenvalue weighted by atomic mass is 79.9. The first-order valence-electron chi connectivity index (χ1n) is 4.57. The molecule has 1 aromatic carbocycles. The fraction of sp³-hybridized carbons (Fsp3) is 0. The number of para-hydroxylation sites is 1. The molecule has 0 saturated carbocycles. The van der Waals surface area contributed by atoms with Crippen LogP contribution in [0.5, 0.6) is 0 Å². The highest BCUT2D eigenvalue weighted by molar-refractivity contribution is 9.13. The van der Waals surface area contributed by atoms with E-state index >= 15 is 0 Å². The molecule has 82 valence electrons. The molecule has 0 atom stereocenters. The molecular formula is C11H8Br2N2O. The molecule has 1 aromatic heterocycles. The zero-order valence-corrected chi connectivity index (χ0v) is 11.3. The lowest BCUT2D eigenvalue weighted by molar-refractivity contribution is 0.102. The van der Waals surface area contributed by atoms with Crippen LogP contribution in [0.25, 0.3) is 0 Å². The molecule has 1 amide bonds. The van der Waals surface area contributed by atoms with Gasteiger partial charge in [-0.2, -0.15) is 0 Å². The van der Waals surface area contributed by atoms with E-state index in [0.29, 0.717) is 5.69 Å². The first kappa shape index (κ1) is 11.4. The Morgan fingerprint density at radius 1 is 1.19 bits per heavy atom. The fourth-order valence-electron chi connectivity index (χ4n) is 1.25. The Morgan fingerprint density at radius 2 is 1.88 bits per heavy atom. The normalized spacial score (nSPS) is 10.1. The minimum Gasteiger partial charge on any atom is -0.344 e. The predicted molar refractivity (Wildman–Crippen MR) is 70.6 cm³/mol. The van der Waals surface area contributed by atoms with Crippen molar-refractivity contribution >= 4 is 43.5 Å². The quantitative estimate of drug-likeness (QED) is 0.856. The van der Waals surface area contributed by atoms with Crippen molar-refractivity contribution in [3.05, 3.63) is 51.2 Å². The first-order chi connectivity index (χ1) is 7.66. The van der Waals surface area contributed by atoms with Crippen molar-refractivity contribution in [3.63, 3.8) is 0 Å². The summed E-state index contributed by atoms with van der Waals surface area (Å²) < 4.78 is 1.58. The number of benzene rings is 1. The van der Waals surface area contributed by atoms with Gasteiger partial charge >= 0.3 is 0 Å². The Morgan fingerprint density at radius 3 is 2.44 bits per heavy atom. The number of carbonyl (C=O) groups is 1. The molecule has 2 aromatic rings. The van der Waals surface area contributed by atoms with Crippen molar-refractivity contribution < 1.29 is 4.79 Å². The Hall–Kier alpha value is -1.07. The lowest BCUT2D eigenvalue weighted by atomic mass is 10.3. The Bertz CT molecular complexity index is 488. The number of carbonyl (C=O) groups excluding carboxylic acids is 1. The van der Waals surface area contributed by atoms with Crippen molar-refractivity contribution in [1.82, 2.24) is 4.98 Å². The number of nitrogens with one attached hydrogen (secondary N) is 2. The van der Waals surface area contributed by atoms with Gasteiger partial charge in [-0.1, -0.05) is 18.2 Å². The second-order valence-corrected chi connectivity index (χ2v) is 4.81.